The highest BCUT2D eigenvalue weighted by atomic mass is 14.1. The molecule has 1 aliphatic carbocycles. The van der Waals surface area contributed by atoms with Crippen molar-refractivity contribution >= 4 is 0 Å². The molecule has 0 heteroatoms. The lowest BCUT2D eigenvalue weighted by Crippen LogP contribution is -1.91. The third kappa shape index (κ3) is 1.79. The lowest BCUT2D eigenvalue weighted by molar-refractivity contribution is 0.864. The van der Waals surface area contributed by atoms with Gasteiger partial charge in [-0.05, 0) is 17.0 Å². The molecule has 0 heterocycles. The molecule has 0 saturated carbocycles. The topological polar surface area (TPSA) is 0 Å². The van der Waals surface area contributed by atoms with Gasteiger partial charge in [0.2, 0.25) is 0 Å². The molecule has 0 aliphatic heterocycles. The summed E-state index contributed by atoms with van der Waals surface area (Å²) in [4.78, 5) is 0. The summed E-state index contributed by atoms with van der Waals surface area (Å²) in [6, 6.07) is 8.94. The van der Waals surface area contributed by atoms with E-state index in [9.17, 15) is 0 Å². The lowest BCUT2D eigenvalue weighted by Gasteiger charge is -2.09. The van der Waals surface area contributed by atoms with Gasteiger partial charge < -0.3 is 0 Å². The van der Waals surface area contributed by atoms with Crippen molar-refractivity contribution in [1.29, 1.82) is 0 Å². The van der Waals surface area contributed by atoms with Crippen molar-refractivity contribution in [2.45, 2.75) is 25.7 Å². The number of allylic oxidation sites excluding steroid dienone is 4. The first-order valence-corrected chi connectivity index (χ1v) is 5.22. The summed E-state index contributed by atoms with van der Waals surface area (Å²) in [6.07, 6.45) is 8.68. The summed E-state index contributed by atoms with van der Waals surface area (Å²) in [5.41, 5.74) is 2.80. The molecule has 0 fully saturated rings. The SMILES string of the molecule is CC(C)c1ccc(C2C=CC=C2)cc1. The molecular formula is C14H16. The van der Waals surface area contributed by atoms with Crippen molar-refractivity contribution in [3.8, 4) is 0 Å². The summed E-state index contributed by atoms with van der Waals surface area (Å²) < 4.78 is 0. The Morgan fingerprint density at radius 2 is 1.50 bits per heavy atom. The molecular weight excluding hydrogens is 168 g/mol. The van der Waals surface area contributed by atoms with Gasteiger partial charge in [0.05, 0.1) is 0 Å². The van der Waals surface area contributed by atoms with Crippen LogP contribution in [-0.4, -0.2) is 0 Å². The molecule has 14 heavy (non-hydrogen) atoms. The van der Waals surface area contributed by atoms with E-state index in [1.54, 1.807) is 0 Å². The van der Waals surface area contributed by atoms with Crippen molar-refractivity contribution in [3.63, 3.8) is 0 Å². The molecule has 0 unspecified atom stereocenters. The van der Waals surface area contributed by atoms with E-state index in [1.165, 1.54) is 11.1 Å². The Hall–Kier alpha value is -1.30. The number of benzene rings is 1. The first kappa shape index (κ1) is 9.26. The Morgan fingerprint density at radius 3 is 2.00 bits per heavy atom. The quantitative estimate of drug-likeness (QED) is 0.651. The van der Waals surface area contributed by atoms with Gasteiger partial charge in [0.15, 0.2) is 0 Å². The molecule has 1 aromatic carbocycles. The predicted octanol–water partition coefficient (Wildman–Crippen LogP) is 4.02. The summed E-state index contributed by atoms with van der Waals surface area (Å²) in [6.45, 7) is 4.45. The van der Waals surface area contributed by atoms with Crippen LogP contribution in [0.3, 0.4) is 0 Å². The fourth-order valence-electron chi connectivity index (χ4n) is 1.76. The monoisotopic (exact) mass is 184 g/mol. The van der Waals surface area contributed by atoms with Crippen LogP contribution < -0.4 is 0 Å². The summed E-state index contributed by atoms with van der Waals surface area (Å²) in [5.74, 6) is 1.12. The maximum atomic E-state index is 2.24. The normalized spacial score (nSPS) is 15.6. The van der Waals surface area contributed by atoms with Crippen LogP contribution in [0.1, 0.15) is 36.8 Å². The van der Waals surface area contributed by atoms with Crippen molar-refractivity contribution in [2.75, 3.05) is 0 Å². The van der Waals surface area contributed by atoms with Crippen LogP contribution in [0.4, 0.5) is 0 Å². The minimum atomic E-state index is 0.496. The zero-order valence-corrected chi connectivity index (χ0v) is 8.77. The Kier molecular flexibility index (Phi) is 2.53. The summed E-state index contributed by atoms with van der Waals surface area (Å²) in [5, 5.41) is 0. The molecule has 0 nitrogen and oxygen atoms in total. The Labute approximate surface area is 86.0 Å². The van der Waals surface area contributed by atoms with E-state index in [1.807, 2.05) is 0 Å². The fourth-order valence-corrected chi connectivity index (χ4v) is 1.76. The Balaban J connectivity index is 2.21. The van der Waals surface area contributed by atoms with Crippen LogP contribution >= 0.6 is 0 Å². The van der Waals surface area contributed by atoms with Gasteiger partial charge in [0.1, 0.15) is 0 Å². The second kappa shape index (κ2) is 3.83. The van der Waals surface area contributed by atoms with Gasteiger partial charge in [-0.2, -0.15) is 0 Å². The third-order valence-corrected chi connectivity index (χ3v) is 2.74. The second-order valence-corrected chi connectivity index (χ2v) is 4.12. The number of rotatable bonds is 2. The maximum absolute atomic E-state index is 2.24. The van der Waals surface area contributed by atoms with E-state index in [0.717, 1.165) is 0 Å². The first-order valence-electron chi connectivity index (χ1n) is 5.22. The van der Waals surface area contributed by atoms with E-state index in [4.69, 9.17) is 0 Å². The average molecular weight is 184 g/mol. The van der Waals surface area contributed by atoms with Gasteiger partial charge in [-0.3, -0.25) is 0 Å². The summed E-state index contributed by atoms with van der Waals surface area (Å²) in [7, 11) is 0. The van der Waals surface area contributed by atoms with Crippen LogP contribution in [0.15, 0.2) is 48.6 Å². The van der Waals surface area contributed by atoms with Crippen LogP contribution in [0.25, 0.3) is 0 Å². The molecule has 0 atom stereocenters. The van der Waals surface area contributed by atoms with E-state index in [-0.39, 0.29) is 0 Å². The lowest BCUT2D eigenvalue weighted by atomic mass is 9.96. The van der Waals surface area contributed by atoms with Gasteiger partial charge >= 0.3 is 0 Å². The van der Waals surface area contributed by atoms with E-state index < -0.39 is 0 Å². The van der Waals surface area contributed by atoms with Crippen molar-refractivity contribution < 1.29 is 0 Å². The van der Waals surface area contributed by atoms with Gasteiger partial charge in [-0.1, -0.05) is 62.4 Å². The minimum Gasteiger partial charge on any atom is -0.0732 e. The van der Waals surface area contributed by atoms with Crippen LogP contribution in [0.2, 0.25) is 0 Å². The largest absolute Gasteiger partial charge is 0.0732 e. The molecule has 0 saturated heterocycles. The van der Waals surface area contributed by atoms with Gasteiger partial charge in [-0.25, -0.2) is 0 Å². The van der Waals surface area contributed by atoms with Gasteiger partial charge in [0.25, 0.3) is 0 Å². The van der Waals surface area contributed by atoms with Crippen LogP contribution in [0.5, 0.6) is 0 Å². The molecule has 0 aromatic heterocycles. The third-order valence-electron chi connectivity index (χ3n) is 2.74. The molecule has 2 rings (SSSR count). The highest BCUT2D eigenvalue weighted by molar-refractivity contribution is 5.36. The van der Waals surface area contributed by atoms with E-state index in [0.29, 0.717) is 11.8 Å². The number of hydrogen-bond donors (Lipinski definition) is 0. The zero-order chi connectivity index (χ0) is 9.97. The number of hydrogen-bond acceptors (Lipinski definition) is 0. The molecule has 0 radical (unpaired) electrons. The molecule has 72 valence electrons. The molecule has 0 bridgehead atoms. The molecule has 0 N–H and O–H groups in total. The zero-order valence-electron chi connectivity index (χ0n) is 8.77. The van der Waals surface area contributed by atoms with Crippen molar-refractivity contribution in [1.82, 2.24) is 0 Å². The second-order valence-electron chi connectivity index (χ2n) is 4.12. The van der Waals surface area contributed by atoms with Crippen LogP contribution in [-0.2, 0) is 0 Å². The van der Waals surface area contributed by atoms with E-state index in [2.05, 4.69) is 62.4 Å². The predicted molar refractivity (Wildman–Crippen MR) is 61.6 cm³/mol. The fraction of sp³-hybridized carbons (Fsp3) is 0.286. The molecule has 1 aromatic rings. The Bertz CT molecular complexity index is 340. The minimum absolute atomic E-state index is 0.496. The highest BCUT2D eigenvalue weighted by Crippen LogP contribution is 2.24. The first-order chi connectivity index (χ1) is 6.77. The van der Waals surface area contributed by atoms with Gasteiger partial charge in [-0.15, -0.1) is 0 Å². The van der Waals surface area contributed by atoms with E-state index >= 15 is 0 Å². The molecule has 0 amide bonds. The van der Waals surface area contributed by atoms with Crippen molar-refractivity contribution in [2.24, 2.45) is 0 Å². The van der Waals surface area contributed by atoms with Gasteiger partial charge in [0, 0.05) is 5.92 Å². The Morgan fingerprint density at radius 1 is 0.929 bits per heavy atom. The molecule has 1 aliphatic rings. The smallest absolute Gasteiger partial charge is 0.0204 e. The summed E-state index contributed by atoms with van der Waals surface area (Å²) >= 11 is 0. The highest BCUT2D eigenvalue weighted by Gasteiger charge is 2.06. The van der Waals surface area contributed by atoms with Crippen molar-refractivity contribution in [3.05, 3.63) is 59.7 Å². The maximum Gasteiger partial charge on any atom is 0.0204 e. The average Bonchev–Trinajstić information content (AvgIpc) is 2.71. The molecule has 0 spiro atoms. The van der Waals surface area contributed by atoms with Crippen LogP contribution in [0, 0.1) is 0 Å². The standard InChI is InChI=1S/C14H16/c1-11(2)12-7-9-14(10-8-12)13-5-3-4-6-13/h3-11,13H,1-2H3.